The van der Waals surface area contributed by atoms with Gasteiger partial charge in [-0.15, -0.1) is 0 Å². The van der Waals surface area contributed by atoms with Crippen LogP contribution in [0.15, 0.2) is 0 Å². The van der Waals surface area contributed by atoms with E-state index in [4.69, 9.17) is 26.6 Å². The quantitative estimate of drug-likeness (QED) is 0.406. The van der Waals surface area contributed by atoms with Gasteiger partial charge in [-0.3, -0.25) is 0 Å². The van der Waals surface area contributed by atoms with E-state index in [1.807, 2.05) is 0 Å². The zero-order valence-corrected chi connectivity index (χ0v) is 5.75. The molecule has 8 heavy (non-hydrogen) atoms. The molecule has 0 atom stereocenters. The van der Waals surface area contributed by atoms with Crippen molar-refractivity contribution in [3.05, 3.63) is 0 Å². The third-order valence-corrected chi connectivity index (χ3v) is 0. The molecule has 0 aliphatic heterocycles. The Morgan fingerprint density at radius 2 is 1.12 bits per heavy atom. The maximum atomic E-state index is 8.88. The van der Waals surface area contributed by atoms with Crippen LogP contribution in [-0.4, -0.2) is 14.7 Å². The zero-order chi connectivity index (χ0) is 7.21. The van der Waals surface area contributed by atoms with Crippen molar-refractivity contribution in [2.45, 2.75) is 0 Å². The molecule has 0 fully saturated rings. The third kappa shape index (κ3) is 2040. The van der Waals surface area contributed by atoms with Crippen molar-refractivity contribution in [1.29, 1.82) is 0 Å². The molecular weight excluding hydrogens is 178 g/mol. The Balaban J connectivity index is 0. The summed E-state index contributed by atoms with van der Waals surface area (Å²) in [5.41, 5.74) is 0. The van der Waals surface area contributed by atoms with Crippen LogP contribution in [0.5, 0.6) is 0 Å². The molecule has 0 aliphatic carbocycles. The first kappa shape index (κ1) is 11.1. The van der Waals surface area contributed by atoms with Gasteiger partial charge in [0.15, 0.2) is 0 Å². The molecule has 3 N–H and O–H groups in total. The van der Waals surface area contributed by atoms with Crippen molar-refractivity contribution in [3.8, 4) is 0 Å². The Hall–Kier alpha value is 0.294. The van der Waals surface area contributed by atoms with Gasteiger partial charge in [-0.05, 0) is 0 Å². The van der Waals surface area contributed by atoms with Crippen LogP contribution < -0.4 is 0 Å². The maximum absolute atomic E-state index is 8.88. The summed E-state index contributed by atoms with van der Waals surface area (Å²) < 4.78 is 25.8. The van der Waals surface area contributed by atoms with E-state index < -0.39 is 24.0 Å². The SMILES string of the molecule is O=P(O)(O)O.[O]=[V]=[O]. The van der Waals surface area contributed by atoms with Crippen molar-refractivity contribution in [1.82, 2.24) is 0 Å². The molecule has 0 rings (SSSR count). The van der Waals surface area contributed by atoms with E-state index in [0.717, 1.165) is 0 Å². The van der Waals surface area contributed by atoms with E-state index in [0.29, 0.717) is 0 Å². The number of hydrogen-bond donors (Lipinski definition) is 3. The molecular formula is H3O6PV. The van der Waals surface area contributed by atoms with Crippen LogP contribution in [0.25, 0.3) is 0 Å². The summed E-state index contributed by atoms with van der Waals surface area (Å²) in [4.78, 5) is 21.6. The van der Waals surface area contributed by atoms with Gasteiger partial charge in [-0.1, -0.05) is 0 Å². The van der Waals surface area contributed by atoms with Crippen LogP contribution in [0, 0.1) is 0 Å². The number of phosphoric acid groups is 1. The summed E-state index contributed by atoms with van der Waals surface area (Å²) >= 11 is -1.81. The third-order valence-electron chi connectivity index (χ3n) is 0. The van der Waals surface area contributed by atoms with Gasteiger partial charge in [0, 0.05) is 0 Å². The second-order valence-corrected chi connectivity index (χ2v) is 1.85. The molecule has 0 bridgehead atoms. The van der Waals surface area contributed by atoms with Gasteiger partial charge in [0.05, 0.1) is 0 Å². The first-order valence-corrected chi connectivity index (χ1v) is 3.85. The first-order chi connectivity index (χ1) is 3.41. The van der Waals surface area contributed by atoms with Gasteiger partial charge in [-0.2, -0.15) is 0 Å². The van der Waals surface area contributed by atoms with Crippen molar-refractivity contribution < 1.29 is 42.8 Å². The molecule has 8 heteroatoms. The molecule has 6 nitrogen and oxygen atoms in total. The number of hydrogen-bond acceptors (Lipinski definition) is 3. The fraction of sp³-hybridized carbons (Fsp3) is 0. The Labute approximate surface area is 51.3 Å². The van der Waals surface area contributed by atoms with E-state index in [2.05, 4.69) is 0 Å². The van der Waals surface area contributed by atoms with Crippen LogP contribution >= 0.6 is 7.82 Å². The molecule has 0 saturated carbocycles. The molecule has 0 aromatic rings. The van der Waals surface area contributed by atoms with Crippen LogP contribution in [0.2, 0.25) is 0 Å². The second-order valence-electron chi connectivity index (χ2n) is 0.588. The Morgan fingerprint density at radius 1 is 1.12 bits per heavy atom. The average molecular weight is 181 g/mol. The Morgan fingerprint density at radius 3 is 1.12 bits per heavy atom. The first-order valence-electron chi connectivity index (χ1n) is 1.15. The van der Waals surface area contributed by atoms with Crippen molar-refractivity contribution in [2.24, 2.45) is 0 Å². The van der Waals surface area contributed by atoms with Gasteiger partial charge in [0.25, 0.3) is 0 Å². The van der Waals surface area contributed by atoms with Crippen LogP contribution in [0.4, 0.5) is 0 Å². The van der Waals surface area contributed by atoms with E-state index in [-0.39, 0.29) is 0 Å². The summed E-state index contributed by atoms with van der Waals surface area (Å²) in [6, 6.07) is 0. The van der Waals surface area contributed by atoms with Gasteiger partial charge in [-0.25, -0.2) is 4.57 Å². The zero-order valence-electron chi connectivity index (χ0n) is 3.46. The van der Waals surface area contributed by atoms with Gasteiger partial charge in [0.2, 0.25) is 0 Å². The Kier molecular flexibility index (Phi) is 7.56. The second kappa shape index (κ2) is 5.43. The van der Waals surface area contributed by atoms with Gasteiger partial charge in [0.1, 0.15) is 0 Å². The van der Waals surface area contributed by atoms with Crippen molar-refractivity contribution in [2.75, 3.05) is 0 Å². The summed E-state index contributed by atoms with van der Waals surface area (Å²) in [6.07, 6.45) is 0. The standard InChI is InChI=1S/H3O4P.2O.V/c1-5(2,3)4;;;/h(H3,1,2,3,4);;;. The van der Waals surface area contributed by atoms with Gasteiger partial charge >= 0.3 is 31.4 Å². The summed E-state index contributed by atoms with van der Waals surface area (Å²) in [6.45, 7) is 0. The summed E-state index contributed by atoms with van der Waals surface area (Å²) in [5.74, 6) is 0. The van der Waals surface area contributed by atoms with E-state index >= 15 is 0 Å². The molecule has 0 aromatic heterocycles. The molecule has 0 saturated heterocycles. The predicted octanol–water partition coefficient (Wildman–Crippen LogP) is -1.17. The van der Waals surface area contributed by atoms with Crippen molar-refractivity contribution >= 4 is 7.82 Å². The minimum absolute atomic E-state index is 1.81. The fourth-order valence-electron chi connectivity index (χ4n) is 0. The monoisotopic (exact) mass is 181 g/mol. The molecule has 49 valence electrons. The van der Waals surface area contributed by atoms with Crippen LogP contribution in [-0.2, 0) is 28.1 Å². The number of rotatable bonds is 0. The Bertz CT molecular complexity index is 106. The van der Waals surface area contributed by atoms with Crippen LogP contribution in [0.3, 0.4) is 0 Å². The van der Waals surface area contributed by atoms with Gasteiger partial charge < -0.3 is 14.7 Å². The van der Waals surface area contributed by atoms with E-state index in [1.165, 1.54) is 0 Å². The molecule has 0 amide bonds. The van der Waals surface area contributed by atoms with Crippen LogP contribution in [0.1, 0.15) is 0 Å². The average Bonchev–Trinajstić information content (AvgIpc) is 1.27. The topological polar surface area (TPSA) is 112 Å². The van der Waals surface area contributed by atoms with E-state index in [1.54, 1.807) is 0 Å². The molecule has 0 spiro atoms. The van der Waals surface area contributed by atoms with E-state index in [9.17, 15) is 0 Å². The molecule has 0 aliphatic rings. The fourth-order valence-corrected chi connectivity index (χ4v) is 0. The normalized spacial score (nSPS) is 8.38. The molecule has 0 heterocycles. The minimum atomic E-state index is -4.64. The molecule has 0 radical (unpaired) electrons. The summed E-state index contributed by atoms with van der Waals surface area (Å²) in [7, 11) is -4.64. The predicted molar refractivity (Wildman–Crippen MR) is 15.6 cm³/mol. The van der Waals surface area contributed by atoms with Crippen molar-refractivity contribution in [3.63, 3.8) is 0 Å². The molecule has 0 aromatic carbocycles. The summed E-state index contributed by atoms with van der Waals surface area (Å²) in [5, 5.41) is 0. The molecule has 0 unspecified atom stereocenters.